The summed E-state index contributed by atoms with van der Waals surface area (Å²) in [5.74, 6) is 0. The number of aldehydes is 1. The van der Waals surface area contributed by atoms with Gasteiger partial charge in [0.25, 0.3) is 0 Å². The first-order valence-electron chi connectivity index (χ1n) is 6.14. The van der Waals surface area contributed by atoms with E-state index in [4.69, 9.17) is 0 Å². The fourth-order valence-electron chi connectivity index (χ4n) is 3.32. The van der Waals surface area contributed by atoms with Crippen LogP contribution in [0.2, 0.25) is 0 Å². The van der Waals surface area contributed by atoms with Crippen molar-refractivity contribution in [1.29, 1.82) is 0 Å². The van der Waals surface area contributed by atoms with Crippen LogP contribution in [0, 0.1) is 0 Å². The predicted octanol–water partition coefficient (Wildman–Crippen LogP) is 3.48. The third-order valence-corrected chi connectivity index (χ3v) is 4.08. The van der Waals surface area contributed by atoms with Gasteiger partial charge in [0, 0.05) is 11.0 Å². The normalized spacial score (nSPS) is 21.6. The SMILES string of the molecule is O=CC1=CC2(CCCCC2)c2ccccc21. The van der Waals surface area contributed by atoms with Gasteiger partial charge in [0.1, 0.15) is 6.29 Å². The van der Waals surface area contributed by atoms with Gasteiger partial charge >= 0.3 is 0 Å². The third-order valence-electron chi connectivity index (χ3n) is 4.08. The number of rotatable bonds is 1. The largest absolute Gasteiger partial charge is 0.298 e. The highest BCUT2D eigenvalue weighted by atomic mass is 16.1. The summed E-state index contributed by atoms with van der Waals surface area (Å²) in [6.07, 6.45) is 9.58. The van der Waals surface area contributed by atoms with Gasteiger partial charge in [-0.05, 0) is 24.0 Å². The summed E-state index contributed by atoms with van der Waals surface area (Å²) in [7, 11) is 0. The summed E-state index contributed by atoms with van der Waals surface area (Å²) < 4.78 is 0. The minimum atomic E-state index is 0.186. The molecule has 0 N–H and O–H groups in total. The molecule has 0 bridgehead atoms. The molecule has 82 valence electrons. The van der Waals surface area contributed by atoms with Crippen molar-refractivity contribution in [3.8, 4) is 0 Å². The molecule has 16 heavy (non-hydrogen) atoms. The van der Waals surface area contributed by atoms with Crippen LogP contribution < -0.4 is 0 Å². The molecule has 0 unspecified atom stereocenters. The Morgan fingerprint density at radius 3 is 2.56 bits per heavy atom. The zero-order valence-corrected chi connectivity index (χ0v) is 9.41. The van der Waals surface area contributed by atoms with Gasteiger partial charge in [0.05, 0.1) is 0 Å². The Balaban J connectivity index is 2.15. The van der Waals surface area contributed by atoms with Gasteiger partial charge in [0.15, 0.2) is 0 Å². The highest BCUT2D eigenvalue weighted by Crippen LogP contribution is 2.48. The second-order valence-corrected chi connectivity index (χ2v) is 4.98. The number of carbonyl (C=O) groups is 1. The van der Waals surface area contributed by atoms with Crippen LogP contribution in [-0.2, 0) is 10.2 Å². The summed E-state index contributed by atoms with van der Waals surface area (Å²) >= 11 is 0. The van der Waals surface area contributed by atoms with Crippen molar-refractivity contribution in [2.75, 3.05) is 0 Å². The Bertz CT molecular complexity index is 450. The Morgan fingerprint density at radius 2 is 1.81 bits per heavy atom. The average Bonchev–Trinajstić information content (AvgIpc) is 2.66. The van der Waals surface area contributed by atoms with Gasteiger partial charge in [-0.25, -0.2) is 0 Å². The van der Waals surface area contributed by atoms with Crippen molar-refractivity contribution in [1.82, 2.24) is 0 Å². The van der Waals surface area contributed by atoms with Crippen molar-refractivity contribution in [3.63, 3.8) is 0 Å². The van der Waals surface area contributed by atoms with E-state index in [1.165, 1.54) is 43.2 Å². The molecule has 2 aliphatic rings. The molecule has 0 heterocycles. The summed E-state index contributed by atoms with van der Waals surface area (Å²) in [6, 6.07) is 8.40. The van der Waals surface area contributed by atoms with E-state index >= 15 is 0 Å². The molecule has 2 aliphatic carbocycles. The standard InChI is InChI=1S/C15H16O/c16-11-12-10-15(8-4-1-5-9-15)14-7-3-2-6-13(12)14/h2-3,6-7,10-11H,1,4-5,8-9H2. The van der Waals surface area contributed by atoms with Crippen molar-refractivity contribution in [2.24, 2.45) is 0 Å². The van der Waals surface area contributed by atoms with Crippen LogP contribution in [0.3, 0.4) is 0 Å². The van der Waals surface area contributed by atoms with E-state index in [1.54, 1.807) is 0 Å². The van der Waals surface area contributed by atoms with E-state index in [2.05, 4.69) is 24.3 Å². The molecule has 0 atom stereocenters. The average molecular weight is 212 g/mol. The van der Waals surface area contributed by atoms with Crippen LogP contribution in [-0.4, -0.2) is 6.29 Å². The van der Waals surface area contributed by atoms with Crippen LogP contribution in [0.5, 0.6) is 0 Å². The molecule has 3 rings (SSSR count). The van der Waals surface area contributed by atoms with Gasteiger partial charge in [-0.1, -0.05) is 49.6 Å². The topological polar surface area (TPSA) is 17.1 Å². The Morgan fingerprint density at radius 1 is 1.06 bits per heavy atom. The van der Waals surface area contributed by atoms with Crippen LogP contribution in [0.4, 0.5) is 0 Å². The number of allylic oxidation sites excluding steroid dienone is 2. The number of fused-ring (bicyclic) bond motifs is 2. The van der Waals surface area contributed by atoms with E-state index in [1.807, 2.05) is 6.07 Å². The molecule has 1 fully saturated rings. The molecule has 1 spiro atoms. The quantitative estimate of drug-likeness (QED) is 0.651. The zero-order valence-electron chi connectivity index (χ0n) is 9.41. The minimum absolute atomic E-state index is 0.186. The molecule has 0 aromatic heterocycles. The zero-order chi connectivity index (χ0) is 11.0. The van der Waals surface area contributed by atoms with Gasteiger partial charge in [0.2, 0.25) is 0 Å². The first-order valence-corrected chi connectivity index (χ1v) is 6.14. The van der Waals surface area contributed by atoms with Crippen LogP contribution >= 0.6 is 0 Å². The number of benzene rings is 1. The maximum Gasteiger partial charge on any atom is 0.150 e. The van der Waals surface area contributed by atoms with E-state index in [-0.39, 0.29) is 5.41 Å². The number of hydrogen-bond donors (Lipinski definition) is 0. The van der Waals surface area contributed by atoms with Gasteiger partial charge in [-0.2, -0.15) is 0 Å². The summed E-state index contributed by atoms with van der Waals surface area (Å²) in [5, 5.41) is 0. The minimum Gasteiger partial charge on any atom is -0.298 e. The molecule has 0 amide bonds. The van der Waals surface area contributed by atoms with Crippen LogP contribution in [0.15, 0.2) is 30.3 Å². The summed E-state index contributed by atoms with van der Waals surface area (Å²) in [4.78, 5) is 11.1. The lowest BCUT2D eigenvalue weighted by atomic mass is 9.71. The van der Waals surface area contributed by atoms with Gasteiger partial charge < -0.3 is 0 Å². The lowest BCUT2D eigenvalue weighted by molar-refractivity contribution is -0.103. The van der Waals surface area contributed by atoms with E-state index in [9.17, 15) is 4.79 Å². The first kappa shape index (κ1) is 9.83. The molecule has 1 heteroatoms. The highest BCUT2D eigenvalue weighted by molar-refractivity contribution is 6.10. The van der Waals surface area contributed by atoms with E-state index in [0.717, 1.165) is 11.9 Å². The lowest BCUT2D eigenvalue weighted by Gasteiger charge is -2.33. The Labute approximate surface area is 96.2 Å². The molecule has 0 radical (unpaired) electrons. The predicted molar refractivity (Wildman–Crippen MR) is 65.2 cm³/mol. The van der Waals surface area contributed by atoms with E-state index in [0.29, 0.717) is 0 Å². The number of carbonyl (C=O) groups excluding carboxylic acids is 1. The molecule has 0 aliphatic heterocycles. The van der Waals surface area contributed by atoms with Gasteiger partial charge in [-0.15, -0.1) is 0 Å². The molecule has 1 aromatic rings. The first-order chi connectivity index (χ1) is 7.86. The lowest BCUT2D eigenvalue weighted by Crippen LogP contribution is -2.24. The second-order valence-electron chi connectivity index (χ2n) is 4.98. The Kier molecular flexibility index (Phi) is 2.20. The van der Waals surface area contributed by atoms with Crippen molar-refractivity contribution in [3.05, 3.63) is 41.5 Å². The van der Waals surface area contributed by atoms with Gasteiger partial charge in [-0.3, -0.25) is 4.79 Å². The second kappa shape index (κ2) is 3.58. The molecule has 1 aromatic carbocycles. The summed E-state index contributed by atoms with van der Waals surface area (Å²) in [5.41, 5.74) is 3.64. The van der Waals surface area contributed by atoms with Crippen LogP contribution in [0.1, 0.15) is 43.2 Å². The monoisotopic (exact) mass is 212 g/mol. The van der Waals surface area contributed by atoms with Crippen LogP contribution in [0.25, 0.3) is 5.57 Å². The molecule has 0 saturated heterocycles. The summed E-state index contributed by atoms with van der Waals surface area (Å²) in [6.45, 7) is 0. The van der Waals surface area contributed by atoms with Crippen molar-refractivity contribution >= 4 is 11.9 Å². The maximum atomic E-state index is 11.1. The third kappa shape index (κ3) is 1.27. The van der Waals surface area contributed by atoms with Crippen molar-refractivity contribution in [2.45, 2.75) is 37.5 Å². The number of hydrogen-bond acceptors (Lipinski definition) is 1. The van der Waals surface area contributed by atoms with Crippen molar-refractivity contribution < 1.29 is 4.79 Å². The fourth-order valence-corrected chi connectivity index (χ4v) is 3.32. The highest BCUT2D eigenvalue weighted by Gasteiger charge is 2.38. The van der Waals surface area contributed by atoms with E-state index < -0.39 is 0 Å². The molecular formula is C15H16O. The molecule has 1 nitrogen and oxygen atoms in total. The molecule has 1 saturated carbocycles. The Hall–Kier alpha value is -1.37. The maximum absolute atomic E-state index is 11.1. The fraction of sp³-hybridized carbons (Fsp3) is 0.400. The smallest absolute Gasteiger partial charge is 0.150 e. The molecular weight excluding hydrogens is 196 g/mol.